The van der Waals surface area contributed by atoms with Gasteiger partial charge < -0.3 is 9.73 Å². The fourth-order valence-corrected chi connectivity index (χ4v) is 2.52. The highest BCUT2D eigenvalue weighted by molar-refractivity contribution is 7.99. The predicted octanol–water partition coefficient (Wildman–Crippen LogP) is 2.29. The number of anilines is 1. The lowest BCUT2D eigenvalue weighted by atomic mass is 10.3. The second kappa shape index (κ2) is 4.40. The number of nitrogens with one attached hydrogen (secondary N) is 1. The van der Waals surface area contributed by atoms with E-state index in [9.17, 15) is 0 Å². The summed E-state index contributed by atoms with van der Waals surface area (Å²) >= 11 is 7.74. The Balaban J connectivity index is 1.95. The first-order chi connectivity index (χ1) is 6.75. The molecule has 14 heavy (non-hydrogen) atoms. The van der Waals surface area contributed by atoms with Crippen LogP contribution in [0.1, 0.15) is 24.6 Å². The highest BCUT2D eigenvalue weighted by Gasteiger charge is 2.18. The van der Waals surface area contributed by atoms with Gasteiger partial charge in [0.15, 0.2) is 0 Å². The first-order valence-electron chi connectivity index (χ1n) is 4.57. The zero-order valence-electron chi connectivity index (χ0n) is 7.86. The summed E-state index contributed by atoms with van der Waals surface area (Å²) in [5.41, 5.74) is 0. The standard InChI is InChI=1S/C8H12ClN3OS/c1-5(9)7-11-12-8(13-7)10-6-2-3-14-4-6/h5-6H,2-4H2,1H3,(H,10,12). The molecule has 2 rings (SSSR count). The van der Waals surface area contributed by atoms with E-state index in [1.54, 1.807) is 0 Å². The second-order valence-corrected chi connectivity index (χ2v) is 5.07. The summed E-state index contributed by atoms with van der Waals surface area (Å²) in [4.78, 5) is 0. The van der Waals surface area contributed by atoms with Gasteiger partial charge in [0.25, 0.3) is 0 Å². The first kappa shape index (κ1) is 10.1. The zero-order valence-corrected chi connectivity index (χ0v) is 9.44. The van der Waals surface area contributed by atoms with Crippen LogP contribution in [0, 0.1) is 0 Å². The van der Waals surface area contributed by atoms with Gasteiger partial charge in [0.1, 0.15) is 5.38 Å². The van der Waals surface area contributed by atoms with E-state index in [1.807, 2.05) is 18.7 Å². The Bertz CT molecular complexity index is 299. The Kier molecular flexibility index (Phi) is 3.18. The van der Waals surface area contributed by atoms with Crippen LogP contribution in [0.4, 0.5) is 6.01 Å². The number of thioether (sulfide) groups is 1. The van der Waals surface area contributed by atoms with Crippen LogP contribution in [-0.2, 0) is 0 Å². The number of halogens is 1. The van der Waals surface area contributed by atoms with Crippen LogP contribution in [-0.4, -0.2) is 27.7 Å². The smallest absolute Gasteiger partial charge is 0.315 e. The second-order valence-electron chi connectivity index (χ2n) is 3.27. The molecular formula is C8H12ClN3OS. The highest BCUT2D eigenvalue weighted by atomic mass is 35.5. The van der Waals surface area contributed by atoms with Crippen LogP contribution in [0.3, 0.4) is 0 Å². The topological polar surface area (TPSA) is 51.0 Å². The molecule has 4 nitrogen and oxygen atoms in total. The molecule has 0 bridgehead atoms. The summed E-state index contributed by atoms with van der Waals surface area (Å²) in [6.45, 7) is 1.81. The minimum Gasteiger partial charge on any atom is -0.406 e. The Morgan fingerprint density at radius 2 is 2.50 bits per heavy atom. The molecule has 1 saturated heterocycles. The maximum Gasteiger partial charge on any atom is 0.315 e. The van der Waals surface area contributed by atoms with Crippen molar-refractivity contribution in [3.8, 4) is 0 Å². The molecule has 1 aromatic heterocycles. The minimum absolute atomic E-state index is 0.226. The third-order valence-electron chi connectivity index (χ3n) is 2.04. The molecule has 0 radical (unpaired) electrons. The average Bonchev–Trinajstić information content (AvgIpc) is 2.75. The Hall–Kier alpha value is -0.420. The molecule has 1 aromatic rings. The molecule has 0 spiro atoms. The number of hydrogen-bond donors (Lipinski definition) is 1. The summed E-state index contributed by atoms with van der Waals surface area (Å²) < 4.78 is 5.33. The molecule has 0 aliphatic carbocycles. The summed E-state index contributed by atoms with van der Waals surface area (Å²) in [5.74, 6) is 2.78. The van der Waals surface area contributed by atoms with Gasteiger partial charge in [-0.25, -0.2) is 0 Å². The molecule has 78 valence electrons. The van der Waals surface area contributed by atoms with Crippen LogP contribution in [0.2, 0.25) is 0 Å². The lowest BCUT2D eigenvalue weighted by Gasteiger charge is -2.06. The van der Waals surface area contributed by atoms with Crippen molar-refractivity contribution in [3.05, 3.63) is 5.89 Å². The molecule has 6 heteroatoms. The van der Waals surface area contributed by atoms with Crippen LogP contribution in [0.25, 0.3) is 0 Å². The SMILES string of the molecule is CC(Cl)c1nnc(NC2CCSC2)o1. The summed E-state index contributed by atoms with van der Waals surface area (Å²) in [6, 6.07) is 0.943. The average molecular weight is 234 g/mol. The molecule has 0 amide bonds. The van der Waals surface area contributed by atoms with E-state index in [-0.39, 0.29) is 5.38 Å². The molecule has 1 aliphatic heterocycles. The number of hydrogen-bond acceptors (Lipinski definition) is 5. The lowest BCUT2D eigenvalue weighted by Crippen LogP contribution is -2.18. The fraction of sp³-hybridized carbons (Fsp3) is 0.750. The molecule has 2 unspecified atom stereocenters. The van der Waals surface area contributed by atoms with Gasteiger partial charge in [-0.1, -0.05) is 5.10 Å². The van der Waals surface area contributed by atoms with E-state index in [2.05, 4.69) is 15.5 Å². The van der Waals surface area contributed by atoms with Crippen molar-refractivity contribution < 1.29 is 4.42 Å². The van der Waals surface area contributed by atoms with Gasteiger partial charge in [-0.3, -0.25) is 0 Å². The summed E-state index contributed by atoms with van der Waals surface area (Å²) in [5, 5.41) is 10.7. The van der Waals surface area contributed by atoms with Crippen molar-refractivity contribution >= 4 is 29.4 Å². The van der Waals surface area contributed by atoms with Crippen molar-refractivity contribution in [2.24, 2.45) is 0 Å². The van der Waals surface area contributed by atoms with E-state index >= 15 is 0 Å². The third-order valence-corrected chi connectivity index (χ3v) is 3.39. The van der Waals surface area contributed by atoms with Gasteiger partial charge in [0, 0.05) is 11.8 Å². The summed E-state index contributed by atoms with van der Waals surface area (Å²) in [7, 11) is 0. The maximum absolute atomic E-state index is 5.80. The lowest BCUT2D eigenvalue weighted by molar-refractivity contribution is 0.501. The summed E-state index contributed by atoms with van der Waals surface area (Å²) in [6.07, 6.45) is 1.15. The van der Waals surface area contributed by atoms with E-state index in [1.165, 1.54) is 5.75 Å². The molecule has 1 fully saturated rings. The Morgan fingerprint density at radius 1 is 1.64 bits per heavy atom. The molecule has 2 atom stereocenters. The normalized spacial score (nSPS) is 23.7. The van der Waals surface area contributed by atoms with Crippen molar-refractivity contribution in [1.29, 1.82) is 0 Å². The molecule has 1 aliphatic rings. The molecular weight excluding hydrogens is 222 g/mol. The highest BCUT2D eigenvalue weighted by Crippen LogP contribution is 2.23. The zero-order chi connectivity index (χ0) is 9.97. The minimum atomic E-state index is -0.226. The van der Waals surface area contributed by atoms with Crippen LogP contribution in [0.5, 0.6) is 0 Å². The third kappa shape index (κ3) is 2.33. The monoisotopic (exact) mass is 233 g/mol. The van der Waals surface area contributed by atoms with Crippen molar-refractivity contribution in [2.45, 2.75) is 24.8 Å². The van der Waals surface area contributed by atoms with Gasteiger partial charge in [-0.2, -0.15) is 11.8 Å². The number of nitrogens with zero attached hydrogens (tertiary/aromatic N) is 2. The van der Waals surface area contributed by atoms with E-state index in [0.29, 0.717) is 17.9 Å². The molecule has 0 aromatic carbocycles. The Morgan fingerprint density at radius 3 is 3.07 bits per heavy atom. The van der Waals surface area contributed by atoms with Crippen molar-refractivity contribution in [1.82, 2.24) is 10.2 Å². The van der Waals surface area contributed by atoms with Crippen molar-refractivity contribution in [2.75, 3.05) is 16.8 Å². The van der Waals surface area contributed by atoms with E-state index in [0.717, 1.165) is 12.2 Å². The fourth-order valence-electron chi connectivity index (χ4n) is 1.28. The quantitative estimate of drug-likeness (QED) is 0.812. The Labute approximate surface area is 91.8 Å². The number of rotatable bonds is 3. The largest absolute Gasteiger partial charge is 0.406 e. The molecule has 1 N–H and O–H groups in total. The van der Waals surface area contributed by atoms with Crippen LogP contribution in [0.15, 0.2) is 4.42 Å². The van der Waals surface area contributed by atoms with Gasteiger partial charge in [-0.15, -0.1) is 16.7 Å². The number of aromatic nitrogens is 2. The van der Waals surface area contributed by atoms with Gasteiger partial charge in [0.2, 0.25) is 5.89 Å². The number of alkyl halides is 1. The van der Waals surface area contributed by atoms with Gasteiger partial charge in [0.05, 0.1) is 0 Å². The maximum atomic E-state index is 5.80. The van der Waals surface area contributed by atoms with Crippen molar-refractivity contribution in [3.63, 3.8) is 0 Å². The van der Waals surface area contributed by atoms with Crippen LogP contribution >= 0.6 is 23.4 Å². The first-order valence-corrected chi connectivity index (χ1v) is 6.16. The van der Waals surface area contributed by atoms with Gasteiger partial charge in [-0.05, 0) is 19.1 Å². The van der Waals surface area contributed by atoms with E-state index in [4.69, 9.17) is 16.0 Å². The van der Waals surface area contributed by atoms with Crippen LogP contribution < -0.4 is 5.32 Å². The predicted molar refractivity (Wildman–Crippen MR) is 57.9 cm³/mol. The molecule has 0 saturated carbocycles. The van der Waals surface area contributed by atoms with E-state index < -0.39 is 0 Å². The molecule has 2 heterocycles. The van der Waals surface area contributed by atoms with Gasteiger partial charge >= 0.3 is 6.01 Å².